The van der Waals surface area contributed by atoms with Crippen molar-refractivity contribution in [3.8, 4) is 5.75 Å². The Hall–Kier alpha value is -3.46. The molecule has 3 rings (SSSR count). The fourth-order valence-corrected chi connectivity index (χ4v) is 2.77. The lowest BCUT2D eigenvalue weighted by atomic mass is 10.2. The number of nitrogens with one attached hydrogen (secondary N) is 1. The Morgan fingerprint density at radius 2 is 2.15 bits per heavy atom. The predicted octanol–water partition coefficient (Wildman–Crippen LogP) is 3.13. The fourth-order valence-electron chi connectivity index (χ4n) is 2.55. The summed E-state index contributed by atoms with van der Waals surface area (Å²) >= 11 is 5.84. The molecule has 27 heavy (non-hydrogen) atoms. The van der Waals surface area contributed by atoms with Gasteiger partial charge in [0, 0.05) is 23.2 Å². The molecular weight excluding hydrogens is 374 g/mol. The van der Waals surface area contributed by atoms with E-state index < -0.39 is 16.4 Å². The van der Waals surface area contributed by atoms with Crippen molar-refractivity contribution in [2.75, 3.05) is 5.43 Å². The van der Waals surface area contributed by atoms with Crippen LogP contribution >= 0.6 is 11.6 Å². The number of rotatable bonds is 5. The number of aromatic hydroxyl groups is 1. The van der Waals surface area contributed by atoms with Gasteiger partial charge >= 0.3 is 5.69 Å². The lowest BCUT2D eigenvalue weighted by Gasteiger charge is -2.10. The van der Waals surface area contributed by atoms with Crippen molar-refractivity contribution in [3.05, 3.63) is 67.5 Å². The molecule has 0 unspecified atom stereocenters. The Morgan fingerprint density at radius 3 is 2.85 bits per heavy atom. The third-order valence-electron chi connectivity index (χ3n) is 3.83. The lowest BCUT2D eigenvalue weighted by molar-refractivity contribution is -0.385. The minimum atomic E-state index is -0.744. The van der Waals surface area contributed by atoms with Gasteiger partial charge in [0.25, 0.3) is 5.56 Å². The van der Waals surface area contributed by atoms with Crippen molar-refractivity contribution in [2.45, 2.75) is 13.5 Å². The molecule has 0 bridgehead atoms. The number of hydrazone groups is 1. The Bertz CT molecular complexity index is 1130. The van der Waals surface area contributed by atoms with Gasteiger partial charge in [-0.05, 0) is 25.1 Å². The summed E-state index contributed by atoms with van der Waals surface area (Å²) in [4.78, 5) is 27.1. The van der Waals surface area contributed by atoms with Gasteiger partial charge in [-0.25, -0.2) is 10.4 Å². The highest BCUT2D eigenvalue weighted by Gasteiger charge is 2.17. The number of nitro benzene ring substituents is 1. The van der Waals surface area contributed by atoms with Gasteiger partial charge in [0.1, 0.15) is 0 Å². The Labute approximate surface area is 157 Å². The number of hydrogen-bond donors (Lipinski definition) is 2. The maximum atomic E-state index is 12.5. The number of aromatic nitrogens is 2. The molecule has 0 amide bonds. The summed E-state index contributed by atoms with van der Waals surface area (Å²) in [6, 6.07) is 9.29. The van der Waals surface area contributed by atoms with E-state index in [1.165, 1.54) is 10.6 Å². The van der Waals surface area contributed by atoms with Gasteiger partial charge in [0.05, 0.1) is 22.0 Å². The maximum Gasteiger partial charge on any atom is 0.312 e. The molecule has 0 saturated heterocycles. The first-order valence-electron chi connectivity index (χ1n) is 7.88. The molecular formula is C17H14ClN5O4. The molecule has 0 fully saturated rings. The van der Waals surface area contributed by atoms with Crippen molar-refractivity contribution in [3.63, 3.8) is 0 Å². The van der Waals surface area contributed by atoms with E-state index in [0.717, 1.165) is 12.3 Å². The standard InChI is InChI=1S/C17H14ClN5O4/c1-2-22-16(25)12-5-3-4-6-13(12)20-17(22)21-19-9-10-7-11(18)8-14(15(10)24)23(26)27/h3-9,24H,2H2,1H3,(H,20,21)/b19-9-. The highest BCUT2D eigenvalue weighted by Crippen LogP contribution is 2.32. The number of anilines is 1. The van der Waals surface area contributed by atoms with Gasteiger partial charge in [0.15, 0.2) is 0 Å². The molecule has 3 aromatic rings. The van der Waals surface area contributed by atoms with Crippen LogP contribution in [0.5, 0.6) is 5.75 Å². The van der Waals surface area contributed by atoms with Crippen LogP contribution in [0.3, 0.4) is 0 Å². The number of nitrogens with zero attached hydrogens (tertiary/aromatic N) is 4. The van der Waals surface area contributed by atoms with E-state index in [1.807, 2.05) is 0 Å². The first-order chi connectivity index (χ1) is 12.9. The number of fused-ring (bicyclic) bond motifs is 1. The zero-order valence-corrected chi connectivity index (χ0v) is 14.8. The minimum absolute atomic E-state index is 0.0490. The summed E-state index contributed by atoms with van der Waals surface area (Å²) in [6.07, 6.45) is 1.16. The maximum absolute atomic E-state index is 12.5. The van der Waals surface area contributed by atoms with Crippen LogP contribution in [0, 0.1) is 10.1 Å². The molecule has 0 saturated carbocycles. The van der Waals surface area contributed by atoms with Gasteiger partial charge in [-0.3, -0.25) is 19.5 Å². The second-order valence-corrected chi connectivity index (χ2v) is 5.93. The highest BCUT2D eigenvalue weighted by atomic mass is 35.5. The highest BCUT2D eigenvalue weighted by molar-refractivity contribution is 6.31. The monoisotopic (exact) mass is 387 g/mol. The molecule has 0 radical (unpaired) electrons. The summed E-state index contributed by atoms with van der Waals surface area (Å²) in [6.45, 7) is 2.15. The molecule has 1 aromatic heterocycles. The van der Waals surface area contributed by atoms with Crippen molar-refractivity contribution < 1.29 is 10.0 Å². The van der Waals surface area contributed by atoms with Crippen LogP contribution in [0.15, 0.2) is 46.3 Å². The van der Waals surface area contributed by atoms with Gasteiger partial charge in [0.2, 0.25) is 11.7 Å². The largest absolute Gasteiger partial charge is 0.502 e. The van der Waals surface area contributed by atoms with E-state index in [1.54, 1.807) is 31.2 Å². The lowest BCUT2D eigenvalue weighted by Crippen LogP contribution is -2.23. The molecule has 0 atom stereocenters. The molecule has 2 N–H and O–H groups in total. The Balaban J connectivity index is 1.98. The summed E-state index contributed by atoms with van der Waals surface area (Å²) in [5.74, 6) is -0.359. The quantitative estimate of drug-likeness (QED) is 0.394. The summed E-state index contributed by atoms with van der Waals surface area (Å²) in [7, 11) is 0. The first-order valence-corrected chi connectivity index (χ1v) is 8.25. The van der Waals surface area contributed by atoms with E-state index in [-0.39, 0.29) is 22.1 Å². The normalized spacial score (nSPS) is 11.2. The zero-order valence-electron chi connectivity index (χ0n) is 14.1. The van der Waals surface area contributed by atoms with E-state index >= 15 is 0 Å². The third kappa shape index (κ3) is 3.58. The fraction of sp³-hybridized carbons (Fsp3) is 0.118. The van der Waals surface area contributed by atoms with Crippen LogP contribution in [0.25, 0.3) is 10.9 Å². The van der Waals surface area contributed by atoms with Crippen LogP contribution in [0.1, 0.15) is 12.5 Å². The number of para-hydroxylation sites is 1. The Morgan fingerprint density at radius 1 is 1.41 bits per heavy atom. The molecule has 2 aromatic carbocycles. The summed E-state index contributed by atoms with van der Waals surface area (Å²) in [5, 5.41) is 25.4. The van der Waals surface area contributed by atoms with Crippen molar-refractivity contribution in [1.29, 1.82) is 0 Å². The predicted molar refractivity (Wildman–Crippen MR) is 103 cm³/mol. The van der Waals surface area contributed by atoms with Crippen LogP contribution in [-0.4, -0.2) is 25.8 Å². The number of halogens is 1. The molecule has 10 heteroatoms. The molecule has 1 heterocycles. The summed E-state index contributed by atoms with van der Waals surface area (Å²) < 4.78 is 1.40. The van der Waals surface area contributed by atoms with E-state index in [9.17, 15) is 20.0 Å². The molecule has 0 aliphatic carbocycles. The van der Waals surface area contributed by atoms with Crippen LogP contribution < -0.4 is 11.0 Å². The van der Waals surface area contributed by atoms with Gasteiger partial charge in [-0.1, -0.05) is 23.7 Å². The number of hydrogen-bond acceptors (Lipinski definition) is 7. The van der Waals surface area contributed by atoms with Crippen LogP contribution in [0.4, 0.5) is 11.6 Å². The molecule has 138 valence electrons. The molecule has 0 spiro atoms. The smallest absolute Gasteiger partial charge is 0.312 e. The van der Waals surface area contributed by atoms with Crippen molar-refractivity contribution in [2.24, 2.45) is 5.10 Å². The average molecular weight is 388 g/mol. The van der Waals surface area contributed by atoms with Gasteiger partial charge < -0.3 is 5.11 Å². The first kappa shape index (κ1) is 18.3. The van der Waals surface area contributed by atoms with Gasteiger partial charge in [-0.2, -0.15) is 5.10 Å². The number of benzene rings is 2. The zero-order chi connectivity index (χ0) is 19.6. The Kier molecular flexibility index (Phi) is 5.04. The number of nitro groups is 1. The number of phenols is 1. The molecule has 0 aliphatic heterocycles. The van der Waals surface area contributed by atoms with E-state index in [0.29, 0.717) is 17.4 Å². The topological polar surface area (TPSA) is 123 Å². The minimum Gasteiger partial charge on any atom is -0.502 e. The van der Waals surface area contributed by atoms with Gasteiger partial charge in [-0.15, -0.1) is 0 Å². The van der Waals surface area contributed by atoms with E-state index in [2.05, 4.69) is 15.5 Å². The number of phenolic OH excluding ortho intramolecular Hbond substituents is 1. The third-order valence-corrected chi connectivity index (χ3v) is 4.05. The molecule has 0 aliphatic rings. The van der Waals surface area contributed by atoms with Crippen molar-refractivity contribution in [1.82, 2.24) is 9.55 Å². The van der Waals surface area contributed by atoms with Crippen LogP contribution in [0.2, 0.25) is 5.02 Å². The van der Waals surface area contributed by atoms with Crippen molar-refractivity contribution >= 4 is 40.4 Å². The molecule has 9 nitrogen and oxygen atoms in total. The second-order valence-electron chi connectivity index (χ2n) is 5.49. The van der Waals surface area contributed by atoms with E-state index in [4.69, 9.17) is 11.6 Å². The second kappa shape index (κ2) is 7.42. The SMILES string of the molecule is CCn1c(N/N=C\c2cc(Cl)cc([N+](=O)[O-])c2O)nc2ccccc2c1=O. The summed E-state index contributed by atoms with van der Waals surface area (Å²) in [5.41, 5.74) is 2.44. The van der Waals surface area contributed by atoms with Crippen LogP contribution in [-0.2, 0) is 6.54 Å². The average Bonchev–Trinajstić information content (AvgIpc) is 2.64.